The summed E-state index contributed by atoms with van der Waals surface area (Å²) in [4.78, 5) is 13.9. The van der Waals surface area contributed by atoms with E-state index in [0.717, 1.165) is 21.6 Å². The van der Waals surface area contributed by atoms with Crippen LogP contribution in [0.15, 0.2) is 29.0 Å². The molecular formula is C11H11BrN6. The van der Waals surface area contributed by atoms with Crippen molar-refractivity contribution in [2.75, 3.05) is 11.9 Å². The summed E-state index contributed by atoms with van der Waals surface area (Å²) in [5.41, 5.74) is 2.66. The second kappa shape index (κ2) is 4.41. The van der Waals surface area contributed by atoms with E-state index in [1.165, 1.54) is 0 Å². The van der Waals surface area contributed by atoms with Crippen LogP contribution in [-0.2, 0) is 6.54 Å². The number of aromatic nitrogens is 5. The molecule has 0 spiro atoms. The van der Waals surface area contributed by atoms with Gasteiger partial charge in [-0.3, -0.25) is 5.10 Å². The predicted octanol–water partition coefficient (Wildman–Crippen LogP) is 2.08. The van der Waals surface area contributed by atoms with Gasteiger partial charge in [0.15, 0.2) is 5.65 Å². The largest absolute Gasteiger partial charge is 0.340 e. The first-order valence-corrected chi connectivity index (χ1v) is 6.22. The fourth-order valence-electron chi connectivity index (χ4n) is 1.75. The summed E-state index contributed by atoms with van der Waals surface area (Å²) in [7, 11) is 1.97. The van der Waals surface area contributed by atoms with Crippen LogP contribution in [0.3, 0.4) is 0 Å². The molecule has 0 atom stereocenters. The lowest BCUT2D eigenvalue weighted by Crippen LogP contribution is -2.17. The van der Waals surface area contributed by atoms with Crippen LogP contribution in [0.2, 0.25) is 0 Å². The fraction of sp³-hybridized carbons (Fsp3) is 0.182. The number of hydrogen-bond donors (Lipinski definition) is 2. The molecule has 0 aromatic carbocycles. The molecule has 2 N–H and O–H groups in total. The van der Waals surface area contributed by atoms with Crippen LogP contribution in [0, 0.1) is 0 Å². The maximum atomic E-state index is 4.44. The van der Waals surface area contributed by atoms with E-state index in [9.17, 15) is 0 Å². The van der Waals surface area contributed by atoms with Crippen LogP contribution < -0.4 is 4.90 Å². The highest BCUT2D eigenvalue weighted by Gasteiger charge is 2.09. The summed E-state index contributed by atoms with van der Waals surface area (Å²) in [6.07, 6.45) is 3.47. The molecule has 18 heavy (non-hydrogen) atoms. The molecule has 3 rings (SSSR count). The van der Waals surface area contributed by atoms with Crippen LogP contribution in [0.4, 0.5) is 5.95 Å². The molecule has 0 aliphatic rings. The van der Waals surface area contributed by atoms with Crippen LogP contribution in [0.5, 0.6) is 0 Å². The molecule has 0 saturated carbocycles. The number of H-pyrrole nitrogens is 2. The van der Waals surface area contributed by atoms with Crippen molar-refractivity contribution in [1.29, 1.82) is 0 Å². The van der Waals surface area contributed by atoms with Gasteiger partial charge in [-0.1, -0.05) is 0 Å². The summed E-state index contributed by atoms with van der Waals surface area (Å²) >= 11 is 3.39. The molecule has 7 heteroatoms. The van der Waals surface area contributed by atoms with Crippen LogP contribution in [-0.4, -0.2) is 32.2 Å². The molecule has 0 aliphatic carbocycles. The molecule has 0 radical (unpaired) electrons. The van der Waals surface area contributed by atoms with Gasteiger partial charge in [0.1, 0.15) is 0 Å². The molecule has 0 aliphatic heterocycles. The minimum absolute atomic E-state index is 0.709. The van der Waals surface area contributed by atoms with E-state index < -0.39 is 0 Å². The smallest absolute Gasteiger partial charge is 0.205 e. The zero-order chi connectivity index (χ0) is 12.5. The lowest BCUT2D eigenvalue weighted by atomic mass is 10.4. The highest BCUT2D eigenvalue weighted by molar-refractivity contribution is 9.10. The lowest BCUT2D eigenvalue weighted by molar-refractivity contribution is 0.844. The van der Waals surface area contributed by atoms with Crippen molar-refractivity contribution in [2.24, 2.45) is 0 Å². The van der Waals surface area contributed by atoms with E-state index >= 15 is 0 Å². The Balaban J connectivity index is 1.89. The van der Waals surface area contributed by atoms with Crippen molar-refractivity contribution < 1.29 is 0 Å². The summed E-state index contributed by atoms with van der Waals surface area (Å²) < 4.78 is 0.932. The third-order valence-electron chi connectivity index (χ3n) is 2.62. The van der Waals surface area contributed by atoms with Crippen LogP contribution in [0.1, 0.15) is 5.69 Å². The average Bonchev–Trinajstić information content (AvgIpc) is 2.96. The van der Waals surface area contributed by atoms with Gasteiger partial charge in [0.2, 0.25) is 5.95 Å². The Morgan fingerprint density at radius 2 is 2.33 bits per heavy atom. The number of nitrogens with zero attached hydrogens (tertiary/aromatic N) is 4. The van der Waals surface area contributed by atoms with Gasteiger partial charge in [-0.2, -0.15) is 10.1 Å². The minimum atomic E-state index is 0.709. The highest BCUT2D eigenvalue weighted by Crippen LogP contribution is 2.19. The number of pyridine rings is 1. The van der Waals surface area contributed by atoms with E-state index in [2.05, 4.69) is 41.1 Å². The zero-order valence-electron chi connectivity index (χ0n) is 9.68. The number of halogens is 1. The minimum Gasteiger partial charge on any atom is -0.340 e. The molecular weight excluding hydrogens is 296 g/mol. The number of rotatable bonds is 3. The predicted molar refractivity (Wildman–Crippen MR) is 72.3 cm³/mol. The van der Waals surface area contributed by atoms with E-state index in [1.54, 1.807) is 12.4 Å². The maximum absolute atomic E-state index is 4.44. The molecule has 3 heterocycles. The number of hydrogen-bond acceptors (Lipinski definition) is 4. The SMILES string of the molecule is CN(Cc1ccn[nH]1)c1nc2ncc(Br)cc2[nH]1. The summed E-state index contributed by atoms with van der Waals surface area (Å²) in [6.45, 7) is 0.709. The Morgan fingerprint density at radius 3 is 3.11 bits per heavy atom. The molecule has 0 amide bonds. The molecule has 6 nitrogen and oxygen atoms in total. The van der Waals surface area contributed by atoms with Gasteiger partial charge >= 0.3 is 0 Å². The van der Waals surface area contributed by atoms with E-state index in [4.69, 9.17) is 0 Å². The van der Waals surface area contributed by atoms with E-state index in [0.29, 0.717) is 12.2 Å². The van der Waals surface area contributed by atoms with Crippen LogP contribution >= 0.6 is 15.9 Å². The van der Waals surface area contributed by atoms with Crippen molar-refractivity contribution in [2.45, 2.75) is 6.54 Å². The first-order valence-electron chi connectivity index (χ1n) is 5.43. The fourth-order valence-corrected chi connectivity index (χ4v) is 2.08. The van der Waals surface area contributed by atoms with Crippen molar-refractivity contribution in [3.8, 4) is 0 Å². The second-order valence-electron chi connectivity index (χ2n) is 4.02. The van der Waals surface area contributed by atoms with Gasteiger partial charge in [-0.15, -0.1) is 0 Å². The average molecular weight is 307 g/mol. The Morgan fingerprint density at radius 1 is 1.44 bits per heavy atom. The zero-order valence-corrected chi connectivity index (χ0v) is 11.3. The Labute approximate surface area is 112 Å². The molecule has 0 fully saturated rings. The molecule has 3 aromatic heterocycles. The standard InChI is InChI=1S/C11H11BrN6/c1-18(6-8-2-3-14-17-8)11-15-9-4-7(12)5-13-10(9)16-11/h2-5H,6H2,1H3,(H,14,17)(H,13,15,16). The molecule has 92 valence electrons. The van der Waals surface area contributed by atoms with Crippen molar-refractivity contribution in [1.82, 2.24) is 25.1 Å². The Bertz CT molecular complexity index is 659. The molecule has 0 bridgehead atoms. The van der Waals surface area contributed by atoms with Gasteiger partial charge in [-0.25, -0.2) is 4.98 Å². The Kier molecular flexibility index (Phi) is 2.75. The van der Waals surface area contributed by atoms with Crippen molar-refractivity contribution >= 4 is 33.0 Å². The van der Waals surface area contributed by atoms with Crippen LogP contribution in [0.25, 0.3) is 11.2 Å². The topological polar surface area (TPSA) is 73.5 Å². The number of aromatic amines is 2. The normalized spacial score (nSPS) is 11.0. The van der Waals surface area contributed by atoms with Crippen molar-refractivity contribution in [3.05, 3.63) is 34.7 Å². The number of fused-ring (bicyclic) bond motifs is 1. The maximum Gasteiger partial charge on any atom is 0.205 e. The number of imidazole rings is 1. The second-order valence-corrected chi connectivity index (χ2v) is 4.94. The third kappa shape index (κ3) is 2.08. The summed E-state index contributed by atoms with van der Waals surface area (Å²) in [6, 6.07) is 3.90. The number of anilines is 1. The van der Waals surface area contributed by atoms with E-state index in [-0.39, 0.29) is 0 Å². The summed E-state index contributed by atoms with van der Waals surface area (Å²) in [5, 5.41) is 6.85. The number of nitrogens with one attached hydrogen (secondary N) is 2. The van der Waals surface area contributed by atoms with Gasteiger partial charge in [-0.05, 0) is 28.1 Å². The molecule has 3 aromatic rings. The Hall–Kier alpha value is -1.89. The molecule has 0 saturated heterocycles. The summed E-state index contributed by atoms with van der Waals surface area (Å²) in [5.74, 6) is 0.783. The lowest BCUT2D eigenvalue weighted by Gasteiger charge is -2.13. The first kappa shape index (κ1) is 11.2. The van der Waals surface area contributed by atoms with Crippen molar-refractivity contribution in [3.63, 3.8) is 0 Å². The van der Waals surface area contributed by atoms with Gasteiger partial charge in [0, 0.05) is 23.9 Å². The van der Waals surface area contributed by atoms with Gasteiger partial charge < -0.3 is 9.88 Å². The third-order valence-corrected chi connectivity index (χ3v) is 3.05. The van der Waals surface area contributed by atoms with Gasteiger partial charge in [0.05, 0.1) is 17.8 Å². The highest BCUT2D eigenvalue weighted by atomic mass is 79.9. The monoisotopic (exact) mass is 306 g/mol. The van der Waals surface area contributed by atoms with E-state index in [1.807, 2.05) is 24.1 Å². The molecule has 0 unspecified atom stereocenters. The first-order chi connectivity index (χ1) is 8.72. The quantitative estimate of drug-likeness (QED) is 0.777. The van der Waals surface area contributed by atoms with Gasteiger partial charge in [0.25, 0.3) is 0 Å².